The third kappa shape index (κ3) is 9.72. The van der Waals surface area contributed by atoms with Gasteiger partial charge in [0.05, 0.1) is 19.8 Å². The number of hydrogen-bond donors (Lipinski definition) is 3. The summed E-state index contributed by atoms with van der Waals surface area (Å²) in [6, 6.07) is 16.0. The smallest absolute Gasteiger partial charge is 0.161 e. The Balaban J connectivity index is 1.91. The predicted molar refractivity (Wildman–Crippen MR) is 134 cm³/mol. The molecule has 184 valence electrons. The summed E-state index contributed by atoms with van der Waals surface area (Å²) in [7, 11) is 3.34. The maximum atomic E-state index is 10.6. The normalized spacial score (nSPS) is 14.2. The molecule has 6 heteroatoms. The van der Waals surface area contributed by atoms with E-state index in [0.717, 1.165) is 37.3 Å². The number of nitrogens with one attached hydrogen (secondary N) is 1. The molecule has 0 radical (unpaired) electrons. The van der Waals surface area contributed by atoms with Crippen molar-refractivity contribution in [2.45, 2.75) is 51.8 Å². The van der Waals surface area contributed by atoms with E-state index in [-0.39, 0.29) is 6.04 Å². The van der Waals surface area contributed by atoms with Crippen molar-refractivity contribution >= 4 is 0 Å². The Labute approximate surface area is 199 Å². The molecule has 0 aliphatic carbocycles. The van der Waals surface area contributed by atoms with Gasteiger partial charge in [-0.25, -0.2) is 0 Å². The summed E-state index contributed by atoms with van der Waals surface area (Å²) < 4.78 is 16.5. The minimum Gasteiger partial charge on any atom is -0.493 e. The summed E-state index contributed by atoms with van der Waals surface area (Å²) in [6.45, 7) is 6.86. The maximum absolute atomic E-state index is 10.6. The van der Waals surface area contributed by atoms with E-state index in [0.29, 0.717) is 31.6 Å². The van der Waals surface area contributed by atoms with Gasteiger partial charge in [-0.2, -0.15) is 0 Å². The lowest BCUT2D eigenvalue weighted by molar-refractivity contribution is 0.124. The minimum atomic E-state index is -0.592. The molecule has 0 saturated carbocycles. The molecule has 6 nitrogen and oxygen atoms in total. The second-order valence-electron chi connectivity index (χ2n) is 8.97. The number of hydrogen-bond acceptors (Lipinski definition) is 6. The highest BCUT2D eigenvalue weighted by molar-refractivity contribution is 5.43. The lowest BCUT2D eigenvalue weighted by atomic mass is 9.83. The standard InChI is InChI=1S/C27H42N2O4/c1-20(2)23(17-24(28)25(30)19-29-18-21-9-6-5-7-10-21)15-22-11-12-26(32-4)27(16-22)33-14-8-13-31-3/h5-7,9-12,16,20,23-25,29-30H,8,13-15,17-19,28H2,1-4H3/t23-,24-,25-/m0/s1. The van der Waals surface area contributed by atoms with E-state index in [9.17, 15) is 5.11 Å². The lowest BCUT2D eigenvalue weighted by Crippen LogP contribution is -2.43. The molecule has 3 atom stereocenters. The molecule has 0 aliphatic rings. The molecule has 0 bridgehead atoms. The van der Waals surface area contributed by atoms with E-state index in [2.05, 4.69) is 43.4 Å². The van der Waals surface area contributed by atoms with Crippen LogP contribution in [-0.4, -0.2) is 51.2 Å². The van der Waals surface area contributed by atoms with E-state index in [4.69, 9.17) is 19.9 Å². The molecular formula is C27H42N2O4. The number of aliphatic hydroxyl groups is 1. The summed E-state index contributed by atoms with van der Waals surface area (Å²) in [4.78, 5) is 0. The first-order valence-corrected chi connectivity index (χ1v) is 11.9. The van der Waals surface area contributed by atoms with Crippen molar-refractivity contribution in [2.75, 3.05) is 34.0 Å². The fraction of sp³-hybridized carbons (Fsp3) is 0.556. The minimum absolute atomic E-state index is 0.288. The van der Waals surface area contributed by atoms with Crippen LogP contribution in [0.3, 0.4) is 0 Å². The third-order valence-corrected chi connectivity index (χ3v) is 6.01. The van der Waals surface area contributed by atoms with Gasteiger partial charge in [0, 0.05) is 39.3 Å². The van der Waals surface area contributed by atoms with Gasteiger partial charge in [-0.15, -0.1) is 0 Å². The molecular weight excluding hydrogens is 416 g/mol. The summed E-state index contributed by atoms with van der Waals surface area (Å²) in [5.41, 5.74) is 8.79. The van der Waals surface area contributed by atoms with Crippen LogP contribution < -0.4 is 20.5 Å². The molecule has 0 unspecified atom stereocenters. The number of nitrogens with two attached hydrogens (primary N) is 1. The Kier molecular flexibility index (Phi) is 12.3. The van der Waals surface area contributed by atoms with E-state index in [1.54, 1.807) is 14.2 Å². The molecule has 0 heterocycles. The second kappa shape index (κ2) is 14.9. The Morgan fingerprint density at radius 1 is 0.970 bits per heavy atom. The van der Waals surface area contributed by atoms with E-state index < -0.39 is 6.10 Å². The zero-order valence-corrected chi connectivity index (χ0v) is 20.6. The van der Waals surface area contributed by atoms with E-state index in [1.807, 2.05) is 24.3 Å². The molecule has 4 N–H and O–H groups in total. The maximum Gasteiger partial charge on any atom is 0.161 e. The van der Waals surface area contributed by atoms with E-state index in [1.165, 1.54) is 11.1 Å². The van der Waals surface area contributed by atoms with Crippen LogP contribution in [0.5, 0.6) is 11.5 Å². The molecule has 0 aromatic heterocycles. The number of rotatable bonds is 16. The van der Waals surface area contributed by atoms with Crippen molar-refractivity contribution in [2.24, 2.45) is 17.6 Å². The molecule has 0 spiro atoms. The first-order valence-electron chi connectivity index (χ1n) is 11.9. The van der Waals surface area contributed by atoms with Crippen molar-refractivity contribution in [1.82, 2.24) is 5.32 Å². The SMILES string of the molecule is COCCCOc1cc(C[C@@H](C[C@H](N)[C@@H](O)CNCc2ccccc2)C(C)C)ccc1OC. The van der Waals surface area contributed by atoms with Gasteiger partial charge in [0.1, 0.15) is 0 Å². The Morgan fingerprint density at radius 2 is 1.73 bits per heavy atom. The van der Waals surface area contributed by atoms with Crippen molar-refractivity contribution in [3.05, 3.63) is 59.7 Å². The number of benzene rings is 2. The fourth-order valence-electron chi connectivity index (χ4n) is 3.86. The monoisotopic (exact) mass is 458 g/mol. The van der Waals surface area contributed by atoms with Crippen molar-refractivity contribution in [3.8, 4) is 11.5 Å². The van der Waals surface area contributed by atoms with Gasteiger partial charge in [0.15, 0.2) is 11.5 Å². The lowest BCUT2D eigenvalue weighted by Gasteiger charge is -2.27. The van der Waals surface area contributed by atoms with Crippen LogP contribution in [0.2, 0.25) is 0 Å². The van der Waals surface area contributed by atoms with Gasteiger partial charge in [0.25, 0.3) is 0 Å². The average Bonchev–Trinajstić information content (AvgIpc) is 2.82. The summed E-state index contributed by atoms with van der Waals surface area (Å²) in [6.07, 6.45) is 1.85. The molecule has 2 aromatic carbocycles. The zero-order valence-electron chi connectivity index (χ0n) is 20.6. The van der Waals surface area contributed by atoms with Crippen LogP contribution in [0.25, 0.3) is 0 Å². The molecule has 0 fully saturated rings. The Hall–Kier alpha value is -2.12. The quantitative estimate of drug-likeness (QED) is 0.332. The first kappa shape index (κ1) is 27.1. The van der Waals surface area contributed by atoms with Crippen molar-refractivity contribution < 1.29 is 19.3 Å². The van der Waals surface area contributed by atoms with Crippen molar-refractivity contribution in [3.63, 3.8) is 0 Å². The molecule has 33 heavy (non-hydrogen) atoms. The van der Waals surface area contributed by atoms with Gasteiger partial charge in [0.2, 0.25) is 0 Å². The summed E-state index contributed by atoms with van der Waals surface area (Å²) >= 11 is 0. The number of methoxy groups -OCH3 is 2. The largest absolute Gasteiger partial charge is 0.493 e. The molecule has 0 aliphatic heterocycles. The molecule has 0 amide bonds. The molecule has 0 saturated heterocycles. The zero-order chi connectivity index (χ0) is 24.1. The van der Waals surface area contributed by atoms with Gasteiger partial charge >= 0.3 is 0 Å². The summed E-state index contributed by atoms with van der Waals surface area (Å²) in [5, 5.41) is 13.9. The fourth-order valence-corrected chi connectivity index (χ4v) is 3.86. The van der Waals surface area contributed by atoms with Crippen LogP contribution in [0, 0.1) is 11.8 Å². The van der Waals surface area contributed by atoms with Crippen LogP contribution in [0.4, 0.5) is 0 Å². The van der Waals surface area contributed by atoms with Crippen LogP contribution in [0.1, 0.15) is 37.8 Å². The number of aliphatic hydroxyl groups excluding tert-OH is 1. The van der Waals surface area contributed by atoms with Crippen LogP contribution in [0.15, 0.2) is 48.5 Å². The Morgan fingerprint density at radius 3 is 2.39 bits per heavy atom. The topological polar surface area (TPSA) is 86.0 Å². The Bertz CT molecular complexity index is 785. The molecule has 2 rings (SSSR count). The van der Waals surface area contributed by atoms with Gasteiger partial charge < -0.3 is 30.4 Å². The van der Waals surface area contributed by atoms with Gasteiger partial charge in [-0.1, -0.05) is 50.2 Å². The second-order valence-corrected chi connectivity index (χ2v) is 8.97. The van der Waals surface area contributed by atoms with Crippen LogP contribution >= 0.6 is 0 Å². The summed E-state index contributed by atoms with van der Waals surface area (Å²) in [5.74, 6) is 2.27. The van der Waals surface area contributed by atoms with E-state index >= 15 is 0 Å². The van der Waals surface area contributed by atoms with Gasteiger partial charge in [-0.05, 0) is 47.9 Å². The van der Waals surface area contributed by atoms with Gasteiger partial charge in [-0.3, -0.25) is 0 Å². The third-order valence-electron chi connectivity index (χ3n) is 6.01. The molecule has 2 aromatic rings. The predicted octanol–water partition coefficient (Wildman–Crippen LogP) is 3.79. The first-order chi connectivity index (χ1) is 15.9. The number of ether oxygens (including phenoxy) is 3. The van der Waals surface area contributed by atoms with Crippen molar-refractivity contribution in [1.29, 1.82) is 0 Å². The highest BCUT2D eigenvalue weighted by Gasteiger charge is 2.23. The van der Waals surface area contributed by atoms with Crippen LogP contribution in [-0.2, 0) is 17.7 Å². The highest BCUT2D eigenvalue weighted by atomic mass is 16.5. The highest BCUT2D eigenvalue weighted by Crippen LogP contribution is 2.31. The average molecular weight is 459 g/mol.